The Morgan fingerprint density at radius 2 is 2.17 bits per heavy atom. The van der Waals surface area contributed by atoms with Crippen LogP contribution in [0.5, 0.6) is 0 Å². The van der Waals surface area contributed by atoms with E-state index < -0.39 is 0 Å². The second-order valence-corrected chi connectivity index (χ2v) is 5.82. The molecule has 4 nitrogen and oxygen atoms in total. The van der Waals surface area contributed by atoms with E-state index in [9.17, 15) is 4.79 Å². The molecule has 4 heteroatoms. The van der Waals surface area contributed by atoms with Gasteiger partial charge in [0.25, 0.3) is 0 Å². The van der Waals surface area contributed by atoms with Crippen LogP contribution in [0.4, 0.5) is 0 Å². The van der Waals surface area contributed by atoms with E-state index in [1.807, 2.05) is 11.9 Å². The molecule has 2 rings (SSSR count). The van der Waals surface area contributed by atoms with Crippen LogP contribution in [-0.2, 0) is 9.53 Å². The third-order valence-electron chi connectivity index (χ3n) is 4.55. The van der Waals surface area contributed by atoms with Gasteiger partial charge in [0.1, 0.15) is 0 Å². The van der Waals surface area contributed by atoms with Crippen molar-refractivity contribution in [3.8, 4) is 0 Å². The molecule has 0 saturated carbocycles. The fourth-order valence-electron chi connectivity index (χ4n) is 3.13. The standard InChI is InChI=1S/C14H26N2O2/c1-10-5-4-7-15-12(10)9-14(17)16(3)13-6-8-18-11(13)2/h10-13,15H,4-9H2,1-3H3. The monoisotopic (exact) mass is 254 g/mol. The summed E-state index contributed by atoms with van der Waals surface area (Å²) in [6, 6.07) is 0.614. The van der Waals surface area contributed by atoms with Gasteiger partial charge in [0.15, 0.2) is 0 Å². The number of hydrogen-bond donors (Lipinski definition) is 1. The predicted molar refractivity (Wildman–Crippen MR) is 71.4 cm³/mol. The number of rotatable bonds is 3. The Balaban J connectivity index is 1.86. The van der Waals surface area contributed by atoms with Crippen LogP contribution in [0.15, 0.2) is 0 Å². The molecule has 4 atom stereocenters. The van der Waals surface area contributed by atoms with Crippen LogP contribution in [0.25, 0.3) is 0 Å². The largest absolute Gasteiger partial charge is 0.376 e. The Morgan fingerprint density at radius 3 is 2.78 bits per heavy atom. The Morgan fingerprint density at radius 1 is 1.39 bits per heavy atom. The number of carbonyl (C=O) groups excluding carboxylic acids is 1. The number of amides is 1. The van der Waals surface area contributed by atoms with Crippen LogP contribution < -0.4 is 5.32 Å². The third kappa shape index (κ3) is 3.04. The lowest BCUT2D eigenvalue weighted by atomic mass is 9.90. The van der Waals surface area contributed by atoms with Crippen molar-refractivity contribution < 1.29 is 9.53 Å². The van der Waals surface area contributed by atoms with E-state index in [4.69, 9.17) is 4.74 Å². The number of hydrogen-bond acceptors (Lipinski definition) is 3. The molecule has 0 radical (unpaired) electrons. The van der Waals surface area contributed by atoms with Gasteiger partial charge in [0.2, 0.25) is 5.91 Å². The highest BCUT2D eigenvalue weighted by Gasteiger charge is 2.32. The quantitative estimate of drug-likeness (QED) is 0.828. The predicted octanol–water partition coefficient (Wildman–Crippen LogP) is 1.40. The fraction of sp³-hybridized carbons (Fsp3) is 0.929. The number of nitrogens with one attached hydrogen (secondary N) is 1. The molecule has 0 spiro atoms. The molecule has 0 aromatic rings. The Kier molecular flexibility index (Phi) is 4.62. The molecule has 18 heavy (non-hydrogen) atoms. The van der Waals surface area contributed by atoms with Gasteiger partial charge in [-0.15, -0.1) is 0 Å². The van der Waals surface area contributed by atoms with E-state index in [1.54, 1.807) is 0 Å². The molecule has 2 heterocycles. The van der Waals surface area contributed by atoms with Gasteiger partial charge in [-0.05, 0) is 38.6 Å². The molecular formula is C14H26N2O2. The topological polar surface area (TPSA) is 41.6 Å². The van der Waals surface area contributed by atoms with E-state index in [0.717, 1.165) is 19.6 Å². The van der Waals surface area contributed by atoms with Crippen molar-refractivity contribution in [1.29, 1.82) is 0 Å². The molecule has 0 aromatic heterocycles. The molecule has 2 aliphatic rings. The van der Waals surface area contributed by atoms with Crippen LogP contribution in [0.2, 0.25) is 0 Å². The van der Waals surface area contributed by atoms with Crippen molar-refractivity contribution >= 4 is 5.91 Å². The highest BCUT2D eigenvalue weighted by atomic mass is 16.5. The number of carbonyl (C=O) groups is 1. The van der Waals surface area contributed by atoms with Gasteiger partial charge in [0, 0.05) is 26.1 Å². The maximum atomic E-state index is 12.3. The lowest BCUT2D eigenvalue weighted by Crippen LogP contribution is -2.47. The zero-order chi connectivity index (χ0) is 13.1. The molecule has 0 aromatic carbocycles. The Hall–Kier alpha value is -0.610. The molecule has 0 bridgehead atoms. The van der Waals surface area contributed by atoms with E-state index in [2.05, 4.69) is 19.2 Å². The SMILES string of the molecule is CC1CCCNC1CC(=O)N(C)C1CCOC1C. The van der Waals surface area contributed by atoms with Crippen molar-refractivity contribution in [1.82, 2.24) is 10.2 Å². The summed E-state index contributed by atoms with van der Waals surface area (Å²) >= 11 is 0. The lowest BCUT2D eigenvalue weighted by molar-refractivity contribution is -0.133. The minimum absolute atomic E-state index is 0.177. The van der Waals surface area contributed by atoms with Gasteiger partial charge in [-0.1, -0.05) is 6.92 Å². The summed E-state index contributed by atoms with van der Waals surface area (Å²) in [5.41, 5.74) is 0. The highest BCUT2D eigenvalue weighted by molar-refractivity contribution is 5.77. The van der Waals surface area contributed by atoms with Gasteiger partial charge in [-0.2, -0.15) is 0 Å². The summed E-state index contributed by atoms with van der Waals surface area (Å²) in [4.78, 5) is 14.2. The number of likely N-dealkylation sites (N-methyl/N-ethyl adjacent to an activating group) is 1. The van der Waals surface area contributed by atoms with Crippen molar-refractivity contribution in [2.75, 3.05) is 20.2 Å². The summed E-state index contributed by atoms with van der Waals surface area (Å²) in [7, 11) is 1.92. The highest BCUT2D eigenvalue weighted by Crippen LogP contribution is 2.22. The van der Waals surface area contributed by atoms with E-state index in [1.165, 1.54) is 12.8 Å². The number of ether oxygens (including phenoxy) is 1. The summed E-state index contributed by atoms with van der Waals surface area (Å²) in [6.45, 7) is 6.13. The summed E-state index contributed by atoms with van der Waals surface area (Å²) in [5, 5.41) is 3.48. The molecule has 2 aliphatic heterocycles. The fourth-order valence-corrected chi connectivity index (χ4v) is 3.13. The van der Waals surface area contributed by atoms with Crippen molar-refractivity contribution in [3.05, 3.63) is 0 Å². The molecule has 2 saturated heterocycles. The summed E-state index contributed by atoms with van der Waals surface area (Å²) in [6.07, 6.45) is 4.24. The molecule has 0 aliphatic carbocycles. The first kappa shape index (κ1) is 13.8. The average Bonchev–Trinajstić information content (AvgIpc) is 2.77. The minimum Gasteiger partial charge on any atom is -0.376 e. The van der Waals surface area contributed by atoms with Gasteiger partial charge in [0.05, 0.1) is 12.1 Å². The summed E-state index contributed by atoms with van der Waals surface area (Å²) in [5.74, 6) is 0.858. The van der Waals surface area contributed by atoms with E-state index >= 15 is 0 Å². The molecule has 1 amide bonds. The average molecular weight is 254 g/mol. The molecular weight excluding hydrogens is 228 g/mol. The maximum absolute atomic E-state index is 12.3. The molecule has 2 fully saturated rings. The second-order valence-electron chi connectivity index (χ2n) is 5.82. The summed E-state index contributed by atoms with van der Waals surface area (Å²) < 4.78 is 5.54. The minimum atomic E-state index is 0.177. The van der Waals surface area contributed by atoms with Crippen LogP contribution in [0.1, 0.15) is 39.5 Å². The van der Waals surface area contributed by atoms with Gasteiger partial charge < -0.3 is 15.0 Å². The van der Waals surface area contributed by atoms with Crippen LogP contribution >= 0.6 is 0 Å². The number of piperidine rings is 1. The van der Waals surface area contributed by atoms with Crippen LogP contribution in [-0.4, -0.2) is 49.2 Å². The van der Waals surface area contributed by atoms with E-state index in [-0.39, 0.29) is 18.1 Å². The lowest BCUT2D eigenvalue weighted by Gasteiger charge is -2.33. The second kappa shape index (κ2) is 6.02. The van der Waals surface area contributed by atoms with Crippen molar-refractivity contribution in [2.45, 2.75) is 57.7 Å². The number of nitrogens with zero attached hydrogens (tertiary/aromatic N) is 1. The Bertz CT molecular complexity index is 296. The van der Waals surface area contributed by atoms with Gasteiger partial charge in [-0.3, -0.25) is 4.79 Å². The Labute approximate surface area is 110 Å². The van der Waals surface area contributed by atoms with Crippen molar-refractivity contribution in [2.24, 2.45) is 5.92 Å². The third-order valence-corrected chi connectivity index (χ3v) is 4.55. The smallest absolute Gasteiger partial charge is 0.224 e. The molecule has 104 valence electrons. The first-order valence-corrected chi connectivity index (χ1v) is 7.20. The maximum Gasteiger partial charge on any atom is 0.224 e. The zero-order valence-corrected chi connectivity index (χ0v) is 11.8. The zero-order valence-electron chi connectivity index (χ0n) is 11.8. The van der Waals surface area contributed by atoms with E-state index in [0.29, 0.717) is 18.4 Å². The molecule has 1 N–H and O–H groups in total. The van der Waals surface area contributed by atoms with Crippen LogP contribution in [0, 0.1) is 5.92 Å². The first-order valence-electron chi connectivity index (χ1n) is 7.20. The first-order chi connectivity index (χ1) is 8.59. The van der Waals surface area contributed by atoms with Gasteiger partial charge in [-0.25, -0.2) is 0 Å². The van der Waals surface area contributed by atoms with Crippen molar-refractivity contribution in [3.63, 3.8) is 0 Å². The molecule has 4 unspecified atom stereocenters. The van der Waals surface area contributed by atoms with Gasteiger partial charge >= 0.3 is 0 Å². The van der Waals surface area contributed by atoms with Crippen LogP contribution in [0.3, 0.4) is 0 Å². The normalized spacial score (nSPS) is 36.6.